The highest BCUT2D eigenvalue weighted by Gasteiger charge is 2.78. The van der Waals surface area contributed by atoms with Crippen molar-refractivity contribution >= 4 is 153 Å². The summed E-state index contributed by atoms with van der Waals surface area (Å²) >= 11 is 21.9. The fourth-order valence-corrected chi connectivity index (χ4v) is 18.4. The Balaban J connectivity index is 1.40. The van der Waals surface area contributed by atoms with Crippen LogP contribution in [0.1, 0.15) is 197 Å². The van der Waals surface area contributed by atoms with Crippen LogP contribution >= 0.6 is 95.6 Å². The van der Waals surface area contributed by atoms with E-state index in [0.717, 1.165) is 12.1 Å². The Kier molecular flexibility index (Phi) is 20.9. The largest absolute Gasteiger partial charge is 0.486 e. The Hall–Kier alpha value is -6.88. The van der Waals surface area contributed by atoms with Crippen molar-refractivity contribution in [1.29, 1.82) is 0 Å². The summed E-state index contributed by atoms with van der Waals surface area (Å²) in [6.45, 7) is 29.2. The molecule has 8 aromatic rings. The van der Waals surface area contributed by atoms with Crippen molar-refractivity contribution in [2.75, 3.05) is 0 Å². The van der Waals surface area contributed by atoms with E-state index in [-0.39, 0.29) is 33.8 Å². The van der Waals surface area contributed by atoms with Gasteiger partial charge in [0.1, 0.15) is 22.7 Å². The Labute approximate surface area is 632 Å². The van der Waals surface area contributed by atoms with Crippen molar-refractivity contribution < 1.29 is 52.8 Å². The summed E-state index contributed by atoms with van der Waals surface area (Å²) in [6.07, 6.45) is 0. The topological polar surface area (TPSA) is 216 Å². The number of ether oxygens (including phenoxy) is 3. The van der Waals surface area contributed by atoms with Gasteiger partial charge in [0.15, 0.2) is 39.0 Å². The summed E-state index contributed by atoms with van der Waals surface area (Å²) in [7, 11) is 0. The molecule has 0 bridgehead atoms. The lowest BCUT2D eigenvalue weighted by Gasteiger charge is -2.70. The van der Waals surface area contributed by atoms with Crippen LogP contribution in [0.4, 0.5) is 11.4 Å². The summed E-state index contributed by atoms with van der Waals surface area (Å²) in [4.78, 5) is 122. The summed E-state index contributed by atoms with van der Waals surface area (Å²) in [6, 6.07) is 41.0. The maximum Gasteiger partial charge on any atom is 0.340 e. The first-order valence-corrected chi connectivity index (χ1v) is 36.8. The van der Waals surface area contributed by atoms with Crippen LogP contribution in [-0.4, -0.2) is 55.9 Å². The number of benzene rings is 8. The van der Waals surface area contributed by atoms with Gasteiger partial charge in [-0.05, 0) is 174 Å². The second-order valence-electron chi connectivity index (χ2n) is 30.1. The predicted octanol–water partition coefficient (Wildman–Crippen LogP) is 22.9. The Bertz CT molecular complexity index is 4690. The third kappa shape index (κ3) is 12.6. The summed E-state index contributed by atoms with van der Waals surface area (Å²) in [5.41, 5.74) is -18.1. The van der Waals surface area contributed by atoms with E-state index in [9.17, 15) is 29.8 Å². The minimum Gasteiger partial charge on any atom is -0.486 e. The van der Waals surface area contributed by atoms with E-state index >= 15 is 19.2 Å². The van der Waals surface area contributed by atoms with E-state index in [4.69, 9.17) is 14.2 Å². The van der Waals surface area contributed by atoms with E-state index < -0.39 is 115 Å². The van der Waals surface area contributed by atoms with Crippen molar-refractivity contribution in [3.8, 4) is 11.5 Å². The monoisotopic (exact) mass is 1730 g/mol. The van der Waals surface area contributed by atoms with Gasteiger partial charge in [-0.25, -0.2) is 4.79 Å². The number of hydrogen-bond acceptors (Lipinski definition) is 13. The molecule has 9 rings (SSSR count). The van der Waals surface area contributed by atoms with Crippen LogP contribution in [0.2, 0.25) is 0 Å². The lowest BCUT2D eigenvalue weighted by molar-refractivity contribution is -0.395. The highest BCUT2D eigenvalue weighted by Crippen LogP contribution is 2.74. The van der Waals surface area contributed by atoms with Gasteiger partial charge in [0, 0.05) is 88.2 Å². The number of hydrogen-bond donors (Lipinski definition) is 0. The molecule has 8 aromatic carbocycles. The van der Waals surface area contributed by atoms with E-state index in [2.05, 4.69) is 95.6 Å². The number of ketones is 5. The van der Waals surface area contributed by atoms with Crippen LogP contribution in [0.3, 0.4) is 0 Å². The number of halogens is 6. The zero-order valence-electron chi connectivity index (χ0n) is 58.4. The molecule has 4 atom stereocenters. The second-order valence-corrected chi connectivity index (χ2v) is 35.2. The molecule has 0 saturated carbocycles. The predicted molar refractivity (Wildman–Crippen MR) is 409 cm³/mol. The molecule has 1 aliphatic rings. The average molecular weight is 1740 g/mol. The van der Waals surface area contributed by atoms with E-state index in [0.29, 0.717) is 61.1 Å². The summed E-state index contributed by atoms with van der Waals surface area (Å²) in [5.74, 6) is -3.31. The normalized spacial score (nSPS) is 16.3. The van der Waals surface area contributed by atoms with Gasteiger partial charge in [0.05, 0.1) is 44.1 Å². The molecule has 0 saturated heterocycles. The smallest absolute Gasteiger partial charge is 0.340 e. The Morgan fingerprint density at radius 1 is 0.460 bits per heavy atom. The summed E-state index contributed by atoms with van der Waals surface area (Å²) in [5, 5.41) is 27.4. The van der Waals surface area contributed by atoms with Gasteiger partial charge in [-0.1, -0.05) is 190 Å². The maximum absolute atomic E-state index is 17.7. The number of Topliss-reactive ketones (excluding diaryl/α,β-unsaturated/α-hetero) is 5. The van der Waals surface area contributed by atoms with Gasteiger partial charge >= 0.3 is 5.97 Å². The number of carbonyl (C=O) groups is 6. The molecule has 1 heterocycles. The first kappa shape index (κ1) is 77.3. The molecule has 4 unspecified atom stereocenters. The molecule has 21 heteroatoms. The number of nitrogens with zero attached hydrogens (tertiary/aromatic N) is 2. The molecule has 100 heavy (non-hydrogen) atoms. The van der Waals surface area contributed by atoms with E-state index in [1.165, 1.54) is 26.8 Å². The molecule has 522 valence electrons. The number of rotatable bonds is 22. The second kappa shape index (κ2) is 27.1. The molecule has 0 fully saturated rings. The first-order chi connectivity index (χ1) is 46.1. The third-order valence-corrected chi connectivity index (χ3v) is 25.2. The van der Waals surface area contributed by atoms with Gasteiger partial charge in [-0.3, -0.25) is 44.2 Å². The number of nitro benzene ring substituents is 2. The van der Waals surface area contributed by atoms with Gasteiger partial charge in [-0.15, -0.1) is 0 Å². The minimum atomic E-state index is -2.61. The fourth-order valence-electron chi connectivity index (χ4n) is 14.9. The van der Waals surface area contributed by atoms with Crippen molar-refractivity contribution in [2.24, 2.45) is 37.9 Å². The SMILES string of the molecule is CC(C)(C)Oc1c(Br)cc(C2(c3cc(Br)c(OC(C)(C)C(C)(C)C(C)(C(C)(C)C(=O)c4cccc(C(=O)C(C)(C)C)c4)C(C)(C(=O)c4ccc(Br)cc4)C(C)(C(=O)c4cc([N+](=O)[O-])c(Br)c([N+](=O)[O-])c4)C(C)(C)C(=O)c4cccc5ccccc45)c(Br)c3)OC(=O)c3ccccc32)cc1Br. The van der Waals surface area contributed by atoms with Crippen LogP contribution < -0.4 is 9.47 Å². The molecular formula is C79H76Br6N2O13. The first-order valence-electron chi connectivity index (χ1n) is 32.0. The molecule has 0 N–H and O–H groups in total. The molecule has 1 aliphatic heterocycles. The van der Waals surface area contributed by atoms with Gasteiger partial charge in [-0.2, -0.15) is 0 Å². The molecule has 0 aliphatic carbocycles. The van der Waals surface area contributed by atoms with Crippen LogP contribution in [0.25, 0.3) is 10.8 Å². The van der Waals surface area contributed by atoms with Gasteiger partial charge < -0.3 is 14.2 Å². The van der Waals surface area contributed by atoms with Crippen molar-refractivity contribution in [3.63, 3.8) is 0 Å². The average Bonchev–Trinajstić information content (AvgIpc) is 0.758. The molecule has 0 amide bonds. The molecule has 0 radical (unpaired) electrons. The summed E-state index contributed by atoms with van der Waals surface area (Å²) < 4.78 is 22.4. The highest BCUT2D eigenvalue weighted by molar-refractivity contribution is 9.11. The number of cyclic esters (lactones) is 1. The lowest BCUT2D eigenvalue weighted by atomic mass is 9.31. The Morgan fingerprint density at radius 3 is 1.43 bits per heavy atom. The zero-order valence-corrected chi connectivity index (χ0v) is 67.9. The highest BCUT2D eigenvalue weighted by atomic mass is 79.9. The number of esters is 1. The maximum atomic E-state index is 17.7. The zero-order chi connectivity index (χ0) is 74.5. The van der Waals surface area contributed by atoms with Crippen LogP contribution in [-0.2, 0) is 10.3 Å². The van der Waals surface area contributed by atoms with Crippen molar-refractivity contribution in [3.05, 3.63) is 249 Å². The van der Waals surface area contributed by atoms with Crippen LogP contribution in [0, 0.1) is 58.1 Å². The van der Waals surface area contributed by atoms with Gasteiger partial charge in [0.25, 0.3) is 11.4 Å². The standard InChI is InChI=1S/C79H76Br6N2O13/c1-70(2,3)64(88)45-26-22-27-46(36-45)65(89)73(9,10)78(17,74(11,12)75(13,14)99-63-57(83)41-49(42-58(63)84)79(54-31-21-20-29-53(54)69(93)100-79)48-39-55(81)62(56(82)40-48)98-71(4,5)6)77(16,66(90)44-32-34-50(80)35-33-44)76(15,67(91)47-37-59(86(94)95)61(85)60(38-47)87(96)97)72(7,8)68(92)52-30-23-25-43-24-18-19-28-51(43)52/h18-42H,1-17H3. The number of fused-ring (bicyclic) bond motifs is 2. The lowest BCUT2D eigenvalue weighted by Crippen LogP contribution is -2.74. The van der Waals surface area contributed by atoms with E-state index in [1.54, 1.807) is 173 Å². The van der Waals surface area contributed by atoms with Crippen LogP contribution in [0.5, 0.6) is 11.5 Å². The third-order valence-electron chi connectivity index (χ3n) is 21.5. The number of nitro groups is 2. The molecule has 15 nitrogen and oxygen atoms in total. The molecule has 0 spiro atoms. The Morgan fingerprint density at radius 2 is 0.920 bits per heavy atom. The van der Waals surface area contributed by atoms with Gasteiger partial charge in [0.2, 0.25) is 0 Å². The van der Waals surface area contributed by atoms with E-state index in [1.807, 2.05) is 57.2 Å². The molecule has 0 aromatic heterocycles. The minimum absolute atomic E-state index is 0.00675. The van der Waals surface area contributed by atoms with Crippen molar-refractivity contribution in [1.82, 2.24) is 0 Å². The quantitative estimate of drug-likeness (QED) is 0.0267. The fraction of sp³-hybridized carbons (Fsp3) is 0.342. The molecular weight excluding hydrogens is 1660 g/mol. The van der Waals surface area contributed by atoms with Crippen LogP contribution in [0.15, 0.2) is 178 Å². The van der Waals surface area contributed by atoms with Crippen molar-refractivity contribution in [2.45, 2.75) is 135 Å². The number of carbonyl (C=O) groups excluding carboxylic acids is 6.